The molecule has 0 bridgehead atoms. The molecule has 0 radical (unpaired) electrons. The largest absolute Gasteiger partial charge is 0.356 e. The summed E-state index contributed by atoms with van der Waals surface area (Å²) in [4.78, 5) is 19.6. The molecule has 0 aromatic carbocycles. The molecular formula is C19H25N3O. The van der Waals surface area contributed by atoms with Crippen LogP contribution in [0, 0.1) is 12.8 Å². The van der Waals surface area contributed by atoms with Gasteiger partial charge in [0, 0.05) is 24.5 Å². The summed E-state index contributed by atoms with van der Waals surface area (Å²) in [6, 6.07) is 3.81. The molecule has 0 saturated carbocycles. The summed E-state index contributed by atoms with van der Waals surface area (Å²) >= 11 is 0. The number of aromatic nitrogens is 1. The van der Waals surface area contributed by atoms with Crippen LogP contribution in [-0.2, 0) is 0 Å². The number of amides is 1. The van der Waals surface area contributed by atoms with Gasteiger partial charge in [0.25, 0.3) is 5.91 Å². The lowest BCUT2D eigenvalue weighted by molar-refractivity contribution is 0.0967. The zero-order chi connectivity index (χ0) is 16.2. The maximum Gasteiger partial charge on any atom is 0.259 e. The van der Waals surface area contributed by atoms with Gasteiger partial charge in [-0.3, -0.25) is 4.79 Å². The Bertz CT molecular complexity index is 640. The minimum absolute atomic E-state index is 0.0658. The highest BCUT2D eigenvalue weighted by Crippen LogP contribution is 2.25. The van der Waals surface area contributed by atoms with Gasteiger partial charge < -0.3 is 10.2 Å². The molecule has 0 atom stereocenters. The number of anilines is 1. The number of nitrogens with one attached hydrogen (secondary N) is 1. The van der Waals surface area contributed by atoms with Crippen LogP contribution in [0.1, 0.15) is 48.7 Å². The van der Waals surface area contributed by atoms with Crippen molar-refractivity contribution in [2.75, 3.05) is 18.0 Å². The Hall–Kier alpha value is -2.10. The highest BCUT2D eigenvalue weighted by Gasteiger charge is 2.22. The number of allylic oxidation sites excluding steroid dienone is 3. The fourth-order valence-corrected chi connectivity index (χ4v) is 3.09. The van der Waals surface area contributed by atoms with Crippen LogP contribution in [-0.4, -0.2) is 24.0 Å². The lowest BCUT2D eigenvalue weighted by atomic mass is 9.99. The van der Waals surface area contributed by atoms with Crippen LogP contribution in [0.3, 0.4) is 0 Å². The highest BCUT2D eigenvalue weighted by atomic mass is 16.1. The van der Waals surface area contributed by atoms with Gasteiger partial charge in [-0.25, -0.2) is 4.98 Å². The van der Waals surface area contributed by atoms with E-state index in [0.29, 0.717) is 5.56 Å². The summed E-state index contributed by atoms with van der Waals surface area (Å²) in [7, 11) is 0. The quantitative estimate of drug-likeness (QED) is 0.928. The highest BCUT2D eigenvalue weighted by molar-refractivity contribution is 6.00. The molecule has 4 nitrogen and oxygen atoms in total. The molecular weight excluding hydrogens is 286 g/mol. The smallest absolute Gasteiger partial charge is 0.259 e. The number of hydrogen-bond acceptors (Lipinski definition) is 3. The van der Waals surface area contributed by atoms with E-state index in [0.717, 1.165) is 61.9 Å². The standard InChI is InChI=1S/C19H25N3O/c1-14-10-12-22(13-11-14)18-17(9-8-15(2)20-18)19(23)21-16-6-4-3-5-7-16/h4,6-9,14H,3,5,10-13H2,1-2H3,(H,21,23). The molecule has 1 aromatic rings. The van der Waals surface area contributed by atoms with Crippen molar-refractivity contribution < 1.29 is 4.79 Å². The molecule has 1 fully saturated rings. The Labute approximate surface area is 138 Å². The lowest BCUT2D eigenvalue weighted by Crippen LogP contribution is -2.35. The molecule has 4 heteroatoms. The Morgan fingerprint density at radius 1 is 1.26 bits per heavy atom. The first-order valence-corrected chi connectivity index (χ1v) is 8.54. The summed E-state index contributed by atoms with van der Waals surface area (Å²) in [6.45, 7) is 6.21. The second kappa shape index (κ2) is 6.99. The van der Waals surface area contributed by atoms with E-state index >= 15 is 0 Å². The van der Waals surface area contributed by atoms with Crippen LogP contribution >= 0.6 is 0 Å². The summed E-state index contributed by atoms with van der Waals surface area (Å²) < 4.78 is 0. The number of rotatable bonds is 3. The van der Waals surface area contributed by atoms with Gasteiger partial charge in [-0.2, -0.15) is 0 Å². The van der Waals surface area contributed by atoms with E-state index in [1.807, 2.05) is 25.1 Å². The van der Waals surface area contributed by atoms with E-state index in [-0.39, 0.29) is 5.91 Å². The number of hydrogen-bond donors (Lipinski definition) is 1. The second-order valence-corrected chi connectivity index (χ2v) is 6.59. The molecule has 1 N–H and O–H groups in total. The Morgan fingerprint density at radius 3 is 2.74 bits per heavy atom. The van der Waals surface area contributed by atoms with E-state index in [1.54, 1.807) is 0 Å². The lowest BCUT2D eigenvalue weighted by Gasteiger charge is -2.32. The van der Waals surface area contributed by atoms with E-state index in [1.165, 1.54) is 0 Å². The number of aryl methyl sites for hydroxylation is 1. The SMILES string of the molecule is Cc1ccc(C(=O)NC2=CCCC=C2)c(N2CCC(C)CC2)n1. The van der Waals surface area contributed by atoms with Gasteiger partial charge in [0.2, 0.25) is 0 Å². The molecule has 1 aliphatic carbocycles. The van der Waals surface area contributed by atoms with E-state index < -0.39 is 0 Å². The number of nitrogens with zero attached hydrogens (tertiary/aromatic N) is 2. The Morgan fingerprint density at radius 2 is 2.04 bits per heavy atom. The first-order chi connectivity index (χ1) is 11.1. The Balaban J connectivity index is 1.82. The molecule has 0 unspecified atom stereocenters. The predicted molar refractivity (Wildman–Crippen MR) is 93.5 cm³/mol. The van der Waals surface area contributed by atoms with Crippen LogP contribution in [0.25, 0.3) is 0 Å². The molecule has 2 heterocycles. The zero-order valence-electron chi connectivity index (χ0n) is 14.0. The van der Waals surface area contributed by atoms with E-state index in [2.05, 4.69) is 34.3 Å². The summed E-state index contributed by atoms with van der Waals surface area (Å²) in [6.07, 6.45) is 10.5. The van der Waals surface area contributed by atoms with E-state index in [9.17, 15) is 4.79 Å². The molecule has 1 amide bonds. The molecule has 1 aliphatic heterocycles. The van der Waals surface area contributed by atoms with Crippen LogP contribution in [0.15, 0.2) is 36.1 Å². The van der Waals surface area contributed by atoms with Crippen molar-refractivity contribution in [3.8, 4) is 0 Å². The van der Waals surface area contributed by atoms with Gasteiger partial charge in [0.05, 0.1) is 5.56 Å². The normalized spacial score (nSPS) is 18.7. The van der Waals surface area contributed by atoms with Crippen LogP contribution in [0.2, 0.25) is 0 Å². The maximum absolute atomic E-state index is 12.7. The Kier molecular flexibility index (Phi) is 4.79. The van der Waals surface area contributed by atoms with Crippen LogP contribution in [0.4, 0.5) is 5.82 Å². The van der Waals surface area contributed by atoms with Crippen molar-refractivity contribution >= 4 is 11.7 Å². The van der Waals surface area contributed by atoms with Gasteiger partial charge in [-0.1, -0.05) is 19.1 Å². The van der Waals surface area contributed by atoms with Crippen molar-refractivity contribution in [2.45, 2.75) is 39.5 Å². The molecule has 1 saturated heterocycles. The maximum atomic E-state index is 12.7. The average Bonchev–Trinajstić information content (AvgIpc) is 2.56. The van der Waals surface area contributed by atoms with Crippen molar-refractivity contribution in [3.63, 3.8) is 0 Å². The first kappa shape index (κ1) is 15.8. The molecule has 23 heavy (non-hydrogen) atoms. The third kappa shape index (κ3) is 3.81. The van der Waals surface area contributed by atoms with Crippen molar-refractivity contribution in [2.24, 2.45) is 5.92 Å². The monoisotopic (exact) mass is 311 g/mol. The molecule has 2 aliphatic rings. The van der Waals surface area contributed by atoms with Gasteiger partial charge in [0.15, 0.2) is 0 Å². The summed E-state index contributed by atoms with van der Waals surface area (Å²) in [5.41, 5.74) is 2.51. The molecule has 0 spiro atoms. The minimum atomic E-state index is -0.0658. The number of carbonyl (C=O) groups is 1. The zero-order valence-corrected chi connectivity index (χ0v) is 14.0. The topological polar surface area (TPSA) is 45.2 Å². The van der Waals surface area contributed by atoms with Crippen molar-refractivity contribution in [1.82, 2.24) is 10.3 Å². The summed E-state index contributed by atoms with van der Waals surface area (Å²) in [5, 5.41) is 3.01. The van der Waals surface area contributed by atoms with Gasteiger partial charge >= 0.3 is 0 Å². The molecule has 3 rings (SSSR count). The van der Waals surface area contributed by atoms with Crippen molar-refractivity contribution in [3.05, 3.63) is 47.3 Å². The van der Waals surface area contributed by atoms with Gasteiger partial charge in [0.1, 0.15) is 5.82 Å². The summed E-state index contributed by atoms with van der Waals surface area (Å²) in [5.74, 6) is 1.52. The van der Waals surface area contributed by atoms with E-state index in [4.69, 9.17) is 0 Å². The third-order valence-corrected chi connectivity index (χ3v) is 4.60. The fourth-order valence-electron chi connectivity index (χ4n) is 3.09. The molecule has 122 valence electrons. The minimum Gasteiger partial charge on any atom is -0.356 e. The van der Waals surface area contributed by atoms with Crippen molar-refractivity contribution in [1.29, 1.82) is 0 Å². The van der Waals surface area contributed by atoms with Crippen LogP contribution in [0.5, 0.6) is 0 Å². The first-order valence-electron chi connectivity index (χ1n) is 8.54. The average molecular weight is 311 g/mol. The number of carbonyl (C=O) groups excluding carboxylic acids is 1. The predicted octanol–water partition coefficient (Wildman–Crippen LogP) is 3.59. The van der Waals surface area contributed by atoms with Gasteiger partial charge in [-0.05, 0) is 56.7 Å². The number of pyridine rings is 1. The molecule has 1 aromatic heterocycles. The van der Waals surface area contributed by atoms with Gasteiger partial charge in [-0.15, -0.1) is 0 Å². The third-order valence-electron chi connectivity index (χ3n) is 4.60. The fraction of sp³-hybridized carbons (Fsp3) is 0.474. The number of piperidine rings is 1. The van der Waals surface area contributed by atoms with Crippen LogP contribution < -0.4 is 10.2 Å². The second-order valence-electron chi connectivity index (χ2n) is 6.59.